The van der Waals surface area contributed by atoms with Crippen molar-refractivity contribution < 1.29 is 19.2 Å². The molecule has 0 heterocycles. The van der Waals surface area contributed by atoms with E-state index in [4.69, 9.17) is 9.47 Å². The summed E-state index contributed by atoms with van der Waals surface area (Å²) in [5.41, 5.74) is 0.880. The molecule has 0 fully saturated rings. The number of nitro benzene ring substituents is 1. The first-order chi connectivity index (χ1) is 11.9. The molecular formula is C17H17N3O5. The van der Waals surface area contributed by atoms with Gasteiger partial charge in [-0.1, -0.05) is 0 Å². The number of benzene rings is 2. The Kier molecular flexibility index (Phi) is 5.67. The van der Waals surface area contributed by atoms with Gasteiger partial charge in [0.15, 0.2) is 11.5 Å². The average Bonchev–Trinajstić information content (AvgIpc) is 2.60. The van der Waals surface area contributed by atoms with E-state index in [2.05, 4.69) is 5.10 Å². The molecule has 0 saturated heterocycles. The van der Waals surface area contributed by atoms with E-state index < -0.39 is 10.9 Å². The van der Waals surface area contributed by atoms with Crippen molar-refractivity contribution in [3.63, 3.8) is 0 Å². The number of nitrogens with zero attached hydrogens (tertiary/aromatic N) is 3. The third kappa shape index (κ3) is 4.77. The largest absolute Gasteiger partial charge is 0.493 e. The summed E-state index contributed by atoms with van der Waals surface area (Å²) in [4.78, 5) is 22.3. The van der Waals surface area contributed by atoms with Gasteiger partial charge in [-0.05, 0) is 35.9 Å². The third-order valence-electron chi connectivity index (χ3n) is 3.14. The predicted octanol–water partition coefficient (Wildman–Crippen LogP) is 2.72. The lowest BCUT2D eigenvalue weighted by atomic mass is 10.2. The van der Waals surface area contributed by atoms with E-state index in [0.29, 0.717) is 5.75 Å². The molecule has 2 rings (SSSR count). The summed E-state index contributed by atoms with van der Waals surface area (Å²) in [7, 11) is 5.06. The fourth-order valence-electron chi connectivity index (χ4n) is 1.91. The number of methoxy groups -OCH3 is 1. The van der Waals surface area contributed by atoms with E-state index in [9.17, 15) is 14.9 Å². The molecule has 0 spiro atoms. The SMILES string of the molecule is COc1cc(C=NN(C)C)ccc1OC(=O)c1ccc([N+](=O)[O-])cc1. The van der Waals surface area contributed by atoms with Crippen molar-refractivity contribution in [3.8, 4) is 11.5 Å². The molecule has 0 aliphatic carbocycles. The first-order valence-corrected chi connectivity index (χ1v) is 7.26. The number of hydrazone groups is 1. The second-order valence-corrected chi connectivity index (χ2v) is 5.20. The Balaban J connectivity index is 2.18. The molecule has 0 bridgehead atoms. The van der Waals surface area contributed by atoms with Crippen LogP contribution in [0.4, 0.5) is 5.69 Å². The Labute approximate surface area is 144 Å². The summed E-state index contributed by atoms with van der Waals surface area (Å²) >= 11 is 0. The molecule has 25 heavy (non-hydrogen) atoms. The maximum Gasteiger partial charge on any atom is 0.343 e. The minimum absolute atomic E-state index is 0.0985. The lowest BCUT2D eigenvalue weighted by Crippen LogP contribution is -2.09. The lowest BCUT2D eigenvalue weighted by Gasteiger charge is -2.10. The van der Waals surface area contributed by atoms with Crippen molar-refractivity contribution in [2.24, 2.45) is 5.10 Å². The number of hydrogen-bond acceptors (Lipinski definition) is 7. The molecule has 0 aliphatic rings. The zero-order valence-corrected chi connectivity index (χ0v) is 14.0. The molecule has 0 amide bonds. The summed E-state index contributed by atoms with van der Waals surface area (Å²) in [5.74, 6) is -0.0197. The first kappa shape index (κ1) is 17.9. The van der Waals surface area contributed by atoms with Crippen LogP contribution < -0.4 is 9.47 Å². The van der Waals surface area contributed by atoms with Gasteiger partial charge < -0.3 is 14.5 Å². The van der Waals surface area contributed by atoms with Gasteiger partial charge in [0.25, 0.3) is 5.69 Å². The van der Waals surface area contributed by atoms with Crippen molar-refractivity contribution >= 4 is 17.9 Å². The number of carbonyl (C=O) groups excluding carboxylic acids is 1. The van der Waals surface area contributed by atoms with Gasteiger partial charge in [-0.2, -0.15) is 5.10 Å². The molecule has 8 heteroatoms. The molecule has 130 valence electrons. The zero-order chi connectivity index (χ0) is 18.4. The molecule has 2 aromatic carbocycles. The molecular weight excluding hydrogens is 326 g/mol. The minimum atomic E-state index is -0.636. The number of nitro groups is 1. The molecule has 0 unspecified atom stereocenters. The van der Waals surface area contributed by atoms with Gasteiger partial charge in [0, 0.05) is 26.2 Å². The first-order valence-electron chi connectivity index (χ1n) is 7.26. The highest BCUT2D eigenvalue weighted by molar-refractivity contribution is 5.91. The van der Waals surface area contributed by atoms with Gasteiger partial charge >= 0.3 is 5.97 Å². The quantitative estimate of drug-likeness (QED) is 0.263. The monoisotopic (exact) mass is 343 g/mol. The van der Waals surface area contributed by atoms with Crippen LogP contribution in [-0.4, -0.2) is 43.3 Å². The van der Waals surface area contributed by atoms with E-state index in [1.807, 2.05) is 0 Å². The average molecular weight is 343 g/mol. The summed E-state index contributed by atoms with van der Waals surface area (Å²) < 4.78 is 10.6. The summed E-state index contributed by atoms with van der Waals surface area (Å²) in [5, 5.41) is 16.4. The summed E-state index contributed by atoms with van der Waals surface area (Å²) in [6.45, 7) is 0. The van der Waals surface area contributed by atoms with Crippen molar-refractivity contribution in [1.82, 2.24) is 5.01 Å². The van der Waals surface area contributed by atoms with Crippen LogP contribution in [0.3, 0.4) is 0 Å². The normalized spacial score (nSPS) is 10.5. The standard InChI is InChI=1S/C17H17N3O5/c1-19(2)18-11-12-4-9-15(16(10-12)24-3)25-17(21)13-5-7-14(8-6-13)20(22)23/h4-11H,1-3H3. The van der Waals surface area contributed by atoms with Crippen molar-refractivity contribution in [3.05, 3.63) is 63.7 Å². The Morgan fingerprint density at radius 2 is 1.84 bits per heavy atom. The summed E-state index contributed by atoms with van der Waals surface area (Å²) in [6.07, 6.45) is 1.64. The molecule has 0 radical (unpaired) electrons. The highest BCUT2D eigenvalue weighted by Crippen LogP contribution is 2.28. The predicted molar refractivity (Wildman–Crippen MR) is 92.3 cm³/mol. The Bertz CT molecular complexity index is 800. The van der Waals surface area contributed by atoms with Crippen LogP contribution in [0.5, 0.6) is 11.5 Å². The molecule has 0 aliphatic heterocycles. The van der Waals surface area contributed by atoms with Crippen LogP contribution in [0.15, 0.2) is 47.6 Å². The van der Waals surface area contributed by atoms with Gasteiger partial charge in [0.05, 0.1) is 23.8 Å². The van der Waals surface area contributed by atoms with Gasteiger partial charge in [0.1, 0.15) is 0 Å². The maximum atomic E-state index is 12.2. The zero-order valence-electron chi connectivity index (χ0n) is 14.0. The third-order valence-corrected chi connectivity index (χ3v) is 3.14. The van der Waals surface area contributed by atoms with Crippen LogP contribution in [0, 0.1) is 10.1 Å². The van der Waals surface area contributed by atoms with Gasteiger partial charge in [-0.15, -0.1) is 0 Å². The minimum Gasteiger partial charge on any atom is -0.493 e. The number of ether oxygens (including phenoxy) is 2. The van der Waals surface area contributed by atoms with Gasteiger partial charge in [-0.25, -0.2) is 4.79 Å². The lowest BCUT2D eigenvalue weighted by molar-refractivity contribution is -0.384. The maximum absolute atomic E-state index is 12.2. The van der Waals surface area contributed by atoms with E-state index in [1.54, 1.807) is 43.5 Å². The molecule has 0 N–H and O–H groups in total. The number of hydrogen-bond donors (Lipinski definition) is 0. The second-order valence-electron chi connectivity index (χ2n) is 5.20. The van der Waals surface area contributed by atoms with Crippen LogP contribution >= 0.6 is 0 Å². The van der Waals surface area contributed by atoms with Crippen molar-refractivity contribution in [2.75, 3.05) is 21.2 Å². The van der Waals surface area contributed by atoms with Gasteiger partial charge in [-0.3, -0.25) is 10.1 Å². The van der Waals surface area contributed by atoms with E-state index in [-0.39, 0.29) is 17.0 Å². The second kappa shape index (κ2) is 7.91. The number of non-ortho nitro benzene ring substituents is 1. The number of carbonyl (C=O) groups is 1. The van der Waals surface area contributed by atoms with E-state index >= 15 is 0 Å². The van der Waals surface area contributed by atoms with Crippen LogP contribution in [0.1, 0.15) is 15.9 Å². The number of rotatable bonds is 6. The fourth-order valence-corrected chi connectivity index (χ4v) is 1.91. The van der Waals surface area contributed by atoms with Crippen LogP contribution in [-0.2, 0) is 0 Å². The molecule has 2 aromatic rings. The van der Waals surface area contributed by atoms with Crippen LogP contribution in [0.2, 0.25) is 0 Å². The Morgan fingerprint density at radius 1 is 1.16 bits per heavy atom. The number of esters is 1. The van der Waals surface area contributed by atoms with Gasteiger partial charge in [0.2, 0.25) is 0 Å². The topological polar surface area (TPSA) is 94.3 Å². The summed E-state index contributed by atoms with van der Waals surface area (Å²) in [6, 6.07) is 10.2. The van der Waals surface area contributed by atoms with E-state index in [0.717, 1.165) is 5.56 Å². The Morgan fingerprint density at radius 3 is 2.40 bits per heavy atom. The van der Waals surface area contributed by atoms with E-state index in [1.165, 1.54) is 31.4 Å². The smallest absolute Gasteiger partial charge is 0.343 e. The highest BCUT2D eigenvalue weighted by atomic mass is 16.6. The highest BCUT2D eigenvalue weighted by Gasteiger charge is 2.14. The Hall–Kier alpha value is -3.42. The fraction of sp³-hybridized carbons (Fsp3) is 0.176. The molecule has 8 nitrogen and oxygen atoms in total. The van der Waals surface area contributed by atoms with Crippen molar-refractivity contribution in [2.45, 2.75) is 0 Å². The van der Waals surface area contributed by atoms with Crippen LogP contribution in [0.25, 0.3) is 0 Å². The van der Waals surface area contributed by atoms with Crippen molar-refractivity contribution in [1.29, 1.82) is 0 Å². The molecule has 0 saturated carbocycles. The molecule has 0 aromatic heterocycles. The molecule has 0 atom stereocenters.